The second-order valence-electron chi connectivity index (χ2n) is 6.69. The first kappa shape index (κ1) is 18.8. The van der Waals surface area contributed by atoms with Crippen LogP contribution in [0.15, 0.2) is 53.3 Å². The van der Waals surface area contributed by atoms with Crippen LogP contribution in [0.5, 0.6) is 0 Å². The maximum atomic E-state index is 5.50. The van der Waals surface area contributed by atoms with Crippen molar-refractivity contribution in [2.45, 2.75) is 13.5 Å². The van der Waals surface area contributed by atoms with E-state index in [4.69, 9.17) is 4.74 Å². The van der Waals surface area contributed by atoms with Crippen molar-refractivity contribution in [3.05, 3.63) is 64.5 Å². The predicted octanol–water partition coefficient (Wildman–Crippen LogP) is 4.06. The van der Waals surface area contributed by atoms with Crippen LogP contribution in [0.3, 0.4) is 0 Å². The fraction of sp³-hybridized carbons (Fsp3) is 0.286. The van der Waals surface area contributed by atoms with E-state index in [9.17, 15) is 0 Å². The van der Waals surface area contributed by atoms with Crippen LogP contribution in [0.4, 0.5) is 11.5 Å². The minimum Gasteiger partial charge on any atom is -0.378 e. The SMILES string of the molecule is Cc1cc(NCc2ccc(Br)cc2N2CCOCC2)nc(-c2cccnc2)n1. The summed E-state index contributed by atoms with van der Waals surface area (Å²) in [7, 11) is 0. The highest BCUT2D eigenvalue weighted by atomic mass is 79.9. The van der Waals surface area contributed by atoms with E-state index in [-0.39, 0.29) is 0 Å². The van der Waals surface area contributed by atoms with Gasteiger partial charge < -0.3 is 15.0 Å². The van der Waals surface area contributed by atoms with Gasteiger partial charge in [-0.15, -0.1) is 0 Å². The molecule has 0 saturated carbocycles. The first-order valence-electron chi connectivity index (χ1n) is 9.30. The molecule has 1 aromatic carbocycles. The molecule has 0 unspecified atom stereocenters. The molecule has 0 bridgehead atoms. The first-order chi connectivity index (χ1) is 13.7. The smallest absolute Gasteiger partial charge is 0.163 e. The Bertz CT molecular complexity index is 945. The molecule has 0 aliphatic carbocycles. The van der Waals surface area contributed by atoms with Gasteiger partial charge in [0.1, 0.15) is 5.82 Å². The van der Waals surface area contributed by atoms with Gasteiger partial charge in [0.15, 0.2) is 5.82 Å². The van der Waals surface area contributed by atoms with Gasteiger partial charge in [-0.05, 0) is 36.8 Å². The number of pyridine rings is 1. The molecule has 1 fully saturated rings. The topological polar surface area (TPSA) is 63.2 Å². The molecule has 1 aliphatic rings. The van der Waals surface area contributed by atoms with Gasteiger partial charge in [-0.25, -0.2) is 9.97 Å². The average molecular weight is 440 g/mol. The van der Waals surface area contributed by atoms with Crippen LogP contribution in [0.25, 0.3) is 11.4 Å². The van der Waals surface area contributed by atoms with E-state index in [0.717, 1.165) is 47.9 Å². The van der Waals surface area contributed by atoms with Crippen LogP contribution in [0.2, 0.25) is 0 Å². The molecule has 7 heteroatoms. The van der Waals surface area contributed by atoms with Gasteiger partial charge in [-0.2, -0.15) is 0 Å². The van der Waals surface area contributed by atoms with Crippen molar-refractivity contribution in [3.63, 3.8) is 0 Å². The van der Waals surface area contributed by atoms with Gasteiger partial charge in [0, 0.05) is 59.5 Å². The Morgan fingerprint density at radius 2 is 2.00 bits per heavy atom. The summed E-state index contributed by atoms with van der Waals surface area (Å²) in [6.07, 6.45) is 3.53. The summed E-state index contributed by atoms with van der Waals surface area (Å²) >= 11 is 3.60. The minimum atomic E-state index is 0.680. The van der Waals surface area contributed by atoms with Gasteiger partial charge in [0.25, 0.3) is 0 Å². The largest absolute Gasteiger partial charge is 0.378 e. The number of morpholine rings is 1. The molecule has 1 aliphatic heterocycles. The quantitative estimate of drug-likeness (QED) is 0.646. The first-order valence-corrected chi connectivity index (χ1v) is 10.1. The molecule has 28 heavy (non-hydrogen) atoms. The summed E-state index contributed by atoms with van der Waals surface area (Å²) in [6, 6.07) is 12.2. The lowest BCUT2D eigenvalue weighted by molar-refractivity contribution is 0.122. The van der Waals surface area contributed by atoms with Crippen LogP contribution < -0.4 is 10.2 Å². The number of nitrogens with zero attached hydrogens (tertiary/aromatic N) is 4. The molecule has 0 amide bonds. The van der Waals surface area contributed by atoms with Crippen LogP contribution >= 0.6 is 15.9 Å². The third kappa shape index (κ3) is 4.48. The minimum absolute atomic E-state index is 0.680. The zero-order valence-electron chi connectivity index (χ0n) is 15.7. The molecule has 1 saturated heterocycles. The number of benzene rings is 1. The summed E-state index contributed by atoms with van der Waals surface area (Å²) < 4.78 is 6.58. The monoisotopic (exact) mass is 439 g/mol. The third-order valence-electron chi connectivity index (χ3n) is 4.63. The van der Waals surface area contributed by atoms with Gasteiger partial charge in [-0.3, -0.25) is 4.98 Å². The second kappa shape index (κ2) is 8.67. The Balaban J connectivity index is 1.56. The van der Waals surface area contributed by atoms with E-state index in [1.807, 2.05) is 25.1 Å². The van der Waals surface area contributed by atoms with Crippen molar-refractivity contribution in [3.8, 4) is 11.4 Å². The molecule has 0 atom stereocenters. The summed E-state index contributed by atoms with van der Waals surface area (Å²) in [5.74, 6) is 1.49. The molecular weight excluding hydrogens is 418 g/mol. The van der Waals surface area contributed by atoms with E-state index < -0.39 is 0 Å². The molecule has 4 rings (SSSR count). The molecule has 3 aromatic rings. The molecule has 2 aromatic heterocycles. The van der Waals surface area contributed by atoms with Crippen LogP contribution in [0.1, 0.15) is 11.3 Å². The molecular formula is C21H22BrN5O. The Morgan fingerprint density at radius 3 is 2.79 bits per heavy atom. The Hall–Kier alpha value is -2.51. The molecule has 1 N–H and O–H groups in total. The number of rotatable bonds is 5. The summed E-state index contributed by atoms with van der Waals surface area (Å²) in [5.41, 5.74) is 4.28. The van der Waals surface area contributed by atoms with Gasteiger partial charge in [0.2, 0.25) is 0 Å². The number of aryl methyl sites for hydroxylation is 1. The molecule has 0 spiro atoms. The van der Waals surface area contributed by atoms with Crippen LogP contribution in [0, 0.1) is 6.92 Å². The number of halogens is 1. The maximum Gasteiger partial charge on any atom is 0.163 e. The standard InChI is InChI=1S/C21H22BrN5O/c1-15-11-20(26-21(25-15)17-3-2-6-23-13-17)24-14-16-4-5-18(22)12-19(16)27-7-9-28-10-8-27/h2-6,11-13H,7-10,14H2,1H3,(H,24,25,26). The van der Waals surface area contributed by atoms with Crippen molar-refractivity contribution in [2.75, 3.05) is 36.5 Å². The van der Waals surface area contributed by atoms with E-state index >= 15 is 0 Å². The predicted molar refractivity (Wildman–Crippen MR) is 115 cm³/mol. The average Bonchev–Trinajstić information content (AvgIpc) is 2.74. The lowest BCUT2D eigenvalue weighted by atomic mass is 10.1. The molecule has 6 nitrogen and oxygen atoms in total. The Labute approximate surface area is 173 Å². The zero-order chi connectivity index (χ0) is 19.3. The number of hydrogen-bond acceptors (Lipinski definition) is 6. The van der Waals surface area contributed by atoms with E-state index in [2.05, 4.69) is 59.3 Å². The maximum absolute atomic E-state index is 5.50. The molecule has 3 heterocycles. The summed E-state index contributed by atoms with van der Waals surface area (Å²) in [5, 5.41) is 3.47. The highest BCUT2D eigenvalue weighted by Gasteiger charge is 2.15. The zero-order valence-corrected chi connectivity index (χ0v) is 17.3. The van der Waals surface area contributed by atoms with Crippen molar-refractivity contribution >= 4 is 27.4 Å². The van der Waals surface area contributed by atoms with Gasteiger partial charge in [0.05, 0.1) is 13.2 Å². The van der Waals surface area contributed by atoms with Crippen molar-refractivity contribution in [2.24, 2.45) is 0 Å². The highest BCUT2D eigenvalue weighted by molar-refractivity contribution is 9.10. The number of ether oxygens (including phenoxy) is 1. The Kier molecular flexibility index (Phi) is 5.83. The third-order valence-corrected chi connectivity index (χ3v) is 5.13. The summed E-state index contributed by atoms with van der Waals surface area (Å²) in [6.45, 7) is 5.99. The fourth-order valence-electron chi connectivity index (χ4n) is 3.25. The van der Waals surface area contributed by atoms with Crippen LogP contribution in [-0.4, -0.2) is 41.3 Å². The van der Waals surface area contributed by atoms with E-state index in [0.29, 0.717) is 12.4 Å². The lowest BCUT2D eigenvalue weighted by Crippen LogP contribution is -2.36. The van der Waals surface area contributed by atoms with Gasteiger partial charge in [-0.1, -0.05) is 22.0 Å². The van der Waals surface area contributed by atoms with Gasteiger partial charge >= 0.3 is 0 Å². The Morgan fingerprint density at radius 1 is 1.14 bits per heavy atom. The number of aromatic nitrogens is 3. The molecule has 144 valence electrons. The van der Waals surface area contributed by atoms with E-state index in [1.165, 1.54) is 11.3 Å². The van der Waals surface area contributed by atoms with Crippen molar-refractivity contribution in [1.29, 1.82) is 0 Å². The lowest BCUT2D eigenvalue weighted by Gasteiger charge is -2.31. The number of nitrogens with one attached hydrogen (secondary N) is 1. The summed E-state index contributed by atoms with van der Waals surface area (Å²) in [4.78, 5) is 15.8. The number of hydrogen-bond donors (Lipinski definition) is 1. The fourth-order valence-corrected chi connectivity index (χ4v) is 3.60. The van der Waals surface area contributed by atoms with Crippen molar-refractivity contribution < 1.29 is 4.74 Å². The second-order valence-corrected chi connectivity index (χ2v) is 7.60. The highest BCUT2D eigenvalue weighted by Crippen LogP contribution is 2.27. The van der Waals surface area contributed by atoms with Crippen LogP contribution in [-0.2, 0) is 11.3 Å². The molecule has 0 radical (unpaired) electrons. The van der Waals surface area contributed by atoms with E-state index in [1.54, 1.807) is 12.4 Å². The normalized spacial score (nSPS) is 14.1. The van der Waals surface area contributed by atoms with Crippen molar-refractivity contribution in [1.82, 2.24) is 15.0 Å². The number of anilines is 2.